The van der Waals surface area contributed by atoms with E-state index in [2.05, 4.69) is 66.0 Å². The number of cyclic esters (lactones) is 1. The van der Waals surface area contributed by atoms with Crippen LogP contribution in [-0.4, -0.2) is 42.1 Å². The van der Waals surface area contributed by atoms with E-state index < -0.39 is 0 Å². The van der Waals surface area contributed by atoms with Crippen LogP contribution in [0.2, 0.25) is 0 Å². The third-order valence-electron chi connectivity index (χ3n) is 7.11. The van der Waals surface area contributed by atoms with Gasteiger partial charge in [-0.2, -0.15) is 0 Å². The van der Waals surface area contributed by atoms with E-state index in [1.807, 2.05) is 4.90 Å². The van der Waals surface area contributed by atoms with Crippen LogP contribution in [0.3, 0.4) is 0 Å². The molecule has 0 bridgehead atoms. The monoisotopic (exact) mass is 404 g/mol. The maximum absolute atomic E-state index is 13.0. The molecule has 5 rings (SSSR count). The van der Waals surface area contributed by atoms with Gasteiger partial charge in [-0.25, -0.2) is 4.79 Å². The second-order valence-corrected chi connectivity index (χ2v) is 9.05. The molecule has 156 valence electrons. The molecule has 5 heteroatoms. The summed E-state index contributed by atoms with van der Waals surface area (Å²) < 4.78 is 5.03. The molecule has 1 aliphatic carbocycles. The molecule has 0 radical (unpaired) electrons. The van der Waals surface area contributed by atoms with Crippen molar-refractivity contribution in [1.82, 2.24) is 10.2 Å². The molecule has 2 heterocycles. The van der Waals surface area contributed by atoms with Crippen LogP contribution in [0.25, 0.3) is 0 Å². The number of likely N-dealkylation sites (tertiary alicyclic amines) is 1. The third-order valence-corrected chi connectivity index (χ3v) is 7.11. The lowest BCUT2D eigenvalue weighted by atomic mass is 9.68. The summed E-state index contributed by atoms with van der Waals surface area (Å²) in [6, 6.07) is 21.5. The number of alkyl carbamates (subject to hydrolysis) is 1. The van der Waals surface area contributed by atoms with Crippen molar-refractivity contribution in [2.24, 2.45) is 11.8 Å². The van der Waals surface area contributed by atoms with Crippen LogP contribution < -0.4 is 5.32 Å². The highest BCUT2D eigenvalue weighted by Crippen LogP contribution is 2.43. The van der Waals surface area contributed by atoms with Crippen LogP contribution in [0.5, 0.6) is 0 Å². The minimum Gasteiger partial charge on any atom is -0.447 e. The third kappa shape index (κ3) is 3.57. The van der Waals surface area contributed by atoms with E-state index >= 15 is 0 Å². The fraction of sp³-hybridized carbons (Fsp3) is 0.440. The standard InChI is InChI=1S/C25H28N2O3/c28-23(21-15-25(16-21)17-30-24(29)26-25)27-13-11-20(12-14-27)22(18-7-3-1-4-8-18)19-9-5-2-6-10-19/h1-10,20-22H,11-17H2,(H,26,29). The number of carbonyl (C=O) groups excluding carboxylic acids is 2. The SMILES string of the molecule is O=C1NC2(CO1)CC(C(=O)N1CCC(C(c3ccccc3)c3ccccc3)CC1)C2. The molecule has 1 saturated carbocycles. The molecular formula is C25H28N2O3. The van der Waals surface area contributed by atoms with Crippen molar-refractivity contribution < 1.29 is 14.3 Å². The van der Waals surface area contributed by atoms with Crippen LogP contribution in [0.4, 0.5) is 4.79 Å². The predicted octanol–water partition coefficient (Wildman–Crippen LogP) is 3.95. The van der Waals surface area contributed by atoms with Crippen molar-refractivity contribution in [2.75, 3.05) is 19.7 Å². The summed E-state index contributed by atoms with van der Waals surface area (Å²) in [5.41, 5.74) is 2.42. The molecule has 0 unspecified atom stereocenters. The van der Waals surface area contributed by atoms with Gasteiger partial charge in [0.05, 0.1) is 5.54 Å². The number of rotatable bonds is 4. The second-order valence-electron chi connectivity index (χ2n) is 9.05. The topological polar surface area (TPSA) is 58.6 Å². The van der Waals surface area contributed by atoms with E-state index in [-0.39, 0.29) is 23.5 Å². The quantitative estimate of drug-likeness (QED) is 0.840. The Labute approximate surface area is 177 Å². The minimum absolute atomic E-state index is 0.0163. The zero-order chi connectivity index (χ0) is 20.6. The number of hydrogen-bond donors (Lipinski definition) is 1. The molecule has 0 atom stereocenters. The Morgan fingerprint density at radius 3 is 2.03 bits per heavy atom. The van der Waals surface area contributed by atoms with E-state index in [9.17, 15) is 9.59 Å². The van der Waals surface area contributed by atoms with Crippen LogP contribution in [0.15, 0.2) is 60.7 Å². The smallest absolute Gasteiger partial charge is 0.407 e. The average Bonchev–Trinajstić information content (AvgIpc) is 3.17. The number of nitrogens with zero attached hydrogens (tertiary/aromatic N) is 1. The molecular weight excluding hydrogens is 376 g/mol. The first-order valence-electron chi connectivity index (χ1n) is 11.0. The molecule has 3 aliphatic rings. The maximum atomic E-state index is 13.0. The summed E-state index contributed by atoms with van der Waals surface area (Å²) in [5.74, 6) is 1.15. The van der Waals surface area contributed by atoms with Gasteiger partial charge in [-0.15, -0.1) is 0 Å². The van der Waals surface area contributed by atoms with Crippen molar-refractivity contribution in [2.45, 2.75) is 37.1 Å². The van der Waals surface area contributed by atoms with Gasteiger partial charge >= 0.3 is 6.09 Å². The van der Waals surface area contributed by atoms with Gasteiger partial charge in [0, 0.05) is 24.9 Å². The van der Waals surface area contributed by atoms with Gasteiger partial charge in [-0.3, -0.25) is 4.79 Å². The zero-order valence-corrected chi connectivity index (χ0v) is 17.1. The van der Waals surface area contributed by atoms with Crippen molar-refractivity contribution in [3.8, 4) is 0 Å². The molecule has 2 amide bonds. The van der Waals surface area contributed by atoms with E-state index in [1.165, 1.54) is 11.1 Å². The Balaban J connectivity index is 1.23. The summed E-state index contributed by atoms with van der Waals surface area (Å²) in [7, 11) is 0. The molecule has 1 N–H and O–H groups in total. The van der Waals surface area contributed by atoms with Gasteiger partial charge in [0.2, 0.25) is 5.91 Å². The number of carbonyl (C=O) groups is 2. The lowest BCUT2D eigenvalue weighted by Crippen LogP contribution is -2.58. The summed E-state index contributed by atoms with van der Waals surface area (Å²) in [4.78, 5) is 26.4. The fourth-order valence-electron chi connectivity index (χ4n) is 5.54. The molecule has 3 fully saturated rings. The molecule has 1 spiro atoms. The largest absolute Gasteiger partial charge is 0.447 e. The normalized spacial score (nSPS) is 26.4. The number of ether oxygens (including phenoxy) is 1. The van der Waals surface area contributed by atoms with E-state index in [0.717, 1.165) is 25.9 Å². The number of nitrogens with one attached hydrogen (secondary N) is 1. The summed E-state index contributed by atoms with van der Waals surface area (Å²) in [6.07, 6.45) is 3.08. The Morgan fingerprint density at radius 1 is 0.967 bits per heavy atom. The van der Waals surface area contributed by atoms with Crippen molar-refractivity contribution in [3.63, 3.8) is 0 Å². The molecule has 2 aliphatic heterocycles. The first kappa shape index (κ1) is 19.2. The Bertz CT molecular complexity index is 861. The zero-order valence-electron chi connectivity index (χ0n) is 17.1. The summed E-state index contributed by atoms with van der Waals surface area (Å²) in [6.45, 7) is 2.02. The van der Waals surface area contributed by atoms with E-state index in [0.29, 0.717) is 31.3 Å². The first-order chi connectivity index (χ1) is 14.6. The highest BCUT2D eigenvalue weighted by atomic mass is 16.6. The molecule has 30 heavy (non-hydrogen) atoms. The summed E-state index contributed by atoms with van der Waals surface area (Å²) >= 11 is 0. The Hall–Kier alpha value is -2.82. The lowest BCUT2D eigenvalue weighted by Gasteiger charge is -2.45. The lowest BCUT2D eigenvalue weighted by molar-refractivity contribution is -0.142. The van der Waals surface area contributed by atoms with E-state index in [1.54, 1.807) is 0 Å². The van der Waals surface area contributed by atoms with E-state index in [4.69, 9.17) is 4.74 Å². The van der Waals surface area contributed by atoms with Crippen LogP contribution in [0, 0.1) is 11.8 Å². The average molecular weight is 405 g/mol. The van der Waals surface area contributed by atoms with Gasteiger partial charge in [0.15, 0.2) is 0 Å². The number of hydrogen-bond acceptors (Lipinski definition) is 3. The second kappa shape index (κ2) is 7.78. The number of amides is 2. The maximum Gasteiger partial charge on any atom is 0.407 e. The van der Waals surface area contributed by atoms with Crippen LogP contribution >= 0.6 is 0 Å². The molecule has 2 saturated heterocycles. The van der Waals surface area contributed by atoms with Gasteiger partial charge in [-0.05, 0) is 42.7 Å². The van der Waals surface area contributed by atoms with Crippen molar-refractivity contribution in [1.29, 1.82) is 0 Å². The van der Waals surface area contributed by atoms with Gasteiger partial charge in [0.25, 0.3) is 0 Å². The molecule has 2 aromatic carbocycles. The fourth-order valence-corrected chi connectivity index (χ4v) is 5.54. The predicted molar refractivity (Wildman–Crippen MR) is 114 cm³/mol. The Kier molecular flexibility index (Phi) is 4.97. The molecule has 0 aromatic heterocycles. The molecule has 5 nitrogen and oxygen atoms in total. The van der Waals surface area contributed by atoms with Crippen LogP contribution in [0.1, 0.15) is 42.7 Å². The van der Waals surface area contributed by atoms with Crippen molar-refractivity contribution >= 4 is 12.0 Å². The van der Waals surface area contributed by atoms with Gasteiger partial charge < -0.3 is 15.0 Å². The highest BCUT2D eigenvalue weighted by Gasteiger charge is 2.53. The summed E-state index contributed by atoms with van der Waals surface area (Å²) in [5, 5.41) is 2.88. The van der Waals surface area contributed by atoms with Gasteiger partial charge in [0.1, 0.15) is 6.61 Å². The highest BCUT2D eigenvalue weighted by molar-refractivity contribution is 5.81. The Morgan fingerprint density at radius 2 is 1.53 bits per heavy atom. The number of benzene rings is 2. The minimum atomic E-state index is -0.352. The molecule has 2 aromatic rings. The first-order valence-corrected chi connectivity index (χ1v) is 11.0. The van der Waals surface area contributed by atoms with Crippen LogP contribution in [-0.2, 0) is 9.53 Å². The van der Waals surface area contributed by atoms with Crippen molar-refractivity contribution in [3.05, 3.63) is 71.8 Å². The van der Waals surface area contributed by atoms with Gasteiger partial charge in [-0.1, -0.05) is 60.7 Å². The number of piperidine rings is 1.